The molecule has 0 saturated carbocycles. The van der Waals surface area contributed by atoms with Crippen molar-refractivity contribution < 1.29 is 9.84 Å². The van der Waals surface area contributed by atoms with Crippen LogP contribution in [0.2, 0.25) is 0 Å². The highest BCUT2D eigenvalue weighted by Crippen LogP contribution is 2.12. The van der Waals surface area contributed by atoms with Crippen LogP contribution in [0.25, 0.3) is 0 Å². The van der Waals surface area contributed by atoms with Gasteiger partial charge in [0.05, 0.1) is 19.3 Å². The molecule has 0 saturated heterocycles. The van der Waals surface area contributed by atoms with Crippen LogP contribution in [-0.4, -0.2) is 28.3 Å². The van der Waals surface area contributed by atoms with E-state index in [1.807, 2.05) is 13.0 Å². The Morgan fingerprint density at radius 2 is 2.50 bits per heavy atom. The number of aliphatic hydroxyl groups excluding tert-OH is 1. The standard InChI is InChI=1S/C9H11N3O2/c1-2-14-8-3-4-11-9(12-8)7(5-10)6-13/h3-4,7,13H,2,6H2,1H3. The number of aliphatic hydroxyl groups is 1. The van der Waals surface area contributed by atoms with E-state index in [1.165, 1.54) is 6.20 Å². The minimum absolute atomic E-state index is 0.286. The molecule has 0 amide bonds. The molecule has 1 heterocycles. The summed E-state index contributed by atoms with van der Waals surface area (Å²) >= 11 is 0. The molecule has 1 atom stereocenters. The highest BCUT2D eigenvalue weighted by molar-refractivity contribution is 5.15. The Balaban J connectivity index is 2.88. The molecule has 1 aromatic rings. The molecule has 0 fully saturated rings. The number of hydrogen-bond acceptors (Lipinski definition) is 5. The highest BCUT2D eigenvalue weighted by Gasteiger charge is 2.12. The van der Waals surface area contributed by atoms with Crippen LogP contribution < -0.4 is 4.74 Å². The van der Waals surface area contributed by atoms with E-state index in [1.54, 1.807) is 6.07 Å². The molecule has 5 nitrogen and oxygen atoms in total. The van der Waals surface area contributed by atoms with Crippen molar-refractivity contribution >= 4 is 0 Å². The summed E-state index contributed by atoms with van der Waals surface area (Å²) < 4.78 is 5.14. The van der Waals surface area contributed by atoms with Crippen molar-refractivity contribution in [2.75, 3.05) is 13.2 Å². The van der Waals surface area contributed by atoms with Gasteiger partial charge in [-0.2, -0.15) is 10.2 Å². The number of hydrogen-bond donors (Lipinski definition) is 1. The Morgan fingerprint density at radius 1 is 1.71 bits per heavy atom. The topological polar surface area (TPSA) is 79.0 Å². The first-order chi connectivity index (χ1) is 6.81. The zero-order valence-electron chi connectivity index (χ0n) is 7.84. The molecular weight excluding hydrogens is 182 g/mol. The second kappa shape index (κ2) is 5.14. The Kier molecular flexibility index (Phi) is 3.83. The molecule has 0 spiro atoms. The van der Waals surface area contributed by atoms with Gasteiger partial charge in [-0.15, -0.1) is 0 Å². The fourth-order valence-electron chi connectivity index (χ4n) is 0.933. The second-order valence-electron chi connectivity index (χ2n) is 2.55. The predicted octanol–water partition coefficient (Wildman–Crippen LogP) is 0.475. The fraction of sp³-hybridized carbons (Fsp3) is 0.444. The summed E-state index contributed by atoms with van der Waals surface area (Å²) in [4.78, 5) is 7.88. The first kappa shape index (κ1) is 10.4. The van der Waals surface area contributed by atoms with Crippen LogP contribution in [0, 0.1) is 11.3 Å². The molecule has 74 valence electrons. The number of nitrogens with zero attached hydrogens (tertiary/aromatic N) is 3. The molecule has 0 aromatic carbocycles. The first-order valence-electron chi connectivity index (χ1n) is 4.28. The van der Waals surface area contributed by atoms with Crippen molar-refractivity contribution in [2.45, 2.75) is 12.8 Å². The summed E-state index contributed by atoms with van der Waals surface area (Å²) in [6.45, 7) is 2.06. The Labute approximate surface area is 82.0 Å². The maximum absolute atomic E-state index is 8.86. The van der Waals surface area contributed by atoms with Crippen LogP contribution in [-0.2, 0) is 0 Å². The quantitative estimate of drug-likeness (QED) is 0.752. The van der Waals surface area contributed by atoms with Crippen LogP contribution in [0.3, 0.4) is 0 Å². The lowest BCUT2D eigenvalue weighted by atomic mass is 10.2. The zero-order chi connectivity index (χ0) is 10.4. The lowest BCUT2D eigenvalue weighted by Gasteiger charge is -2.05. The fourth-order valence-corrected chi connectivity index (χ4v) is 0.933. The van der Waals surface area contributed by atoms with Gasteiger partial charge in [-0.3, -0.25) is 0 Å². The van der Waals surface area contributed by atoms with E-state index in [9.17, 15) is 0 Å². The molecule has 0 bridgehead atoms. The van der Waals surface area contributed by atoms with E-state index in [0.29, 0.717) is 18.3 Å². The van der Waals surface area contributed by atoms with Gasteiger partial charge in [-0.05, 0) is 6.92 Å². The van der Waals surface area contributed by atoms with Crippen molar-refractivity contribution in [2.24, 2.45) is 0 Å². The molecule has 0 aliphatic carbocycles. The van der Waals surface area contributed by atoms with E-state index >= 15 is 0 Å². The van der Waals surface area contributed by atoms with Gasteiger partial charge in [0.25, 0.3) is 0 Å². The van der Waals surface area contributed by atoms with Gasteiger partial charge in [0.1, 0.15) is 5.92 Å². The van der Waals surface area contributed by atoms with Gasteiger partial charge in [0.15, 0.2) is 5.82 Å². The zero-order valence-corrected chi connectivity index (χ0v) is 7.84. The van der Waals surface area contributed by atoms with Gasteiger partial charge in [0, 0.05) is 12.3 Å². The summed E-state index contributed by atoms with van der Waals surface area (Å²) in [6.07, 6.45) is 1.51. The summed E-state index contributed by atoms with van der Waals surface area (Å²) in [5.74, 6) is 0.0301. The van der Waals surface area contributed by atoms with Crippen molar-refractivity contribution in [1.82, 2.24) is 9.97 Å². The van der Waals surface area contributed by atoms with Crippen LogP contribution in [0.1, 0.15) is 18.7 Å². The van der Waals surface area contributed by atoms with Gasteiger partial charge in [-0.25, -0.2) is 4.98 Å². The van der Waals surface area contributed by atoms with E-state index in [0.717, 1.165) is 0 Å². The van der Waals surface area contributed by atoms with Crippen LogP contribution >= 0.6 is 0 Å². The maximum atomic E-state index is 8.86. The highest BCUT2D eigenvalue weighted by atomic mass is 16.5. The Bertz CT molecular complexity index is 335. The number of rotatable bonds is 4. The normalized spacial score (nSPS) is 11.8. The third-order valence-corrected chi connectivity index (χ3v) is 1.59. The maximum Gasteiger partial charge on any atom is 0.216 e. The minimum atomic E-state index is -0.685. The van der Waals surface area contributed by atoms with Crippen LogP contribution in [0.4, 0.5) is 0 Å². The third-order valence-electron chi connectivity index (χ3n) is 1.59. The SMILES string of the molecule is CCOc1ccnc(C(C#N)CO)n1. The molecule has 1 rings (SSSR count). The monoisotopic (exact) mass is 193 g/mol. The molecule has 0 aliphatic heterocycles. The second-order valence-corrected chi connectivity index (χ2v) is 2.55. The van der Waals surface area contributed by atoms with E-state index < -0.39 is 5.92 Å². The van der Waals surface area contributed by atoms with Gasteiger partial charge < -0.3 is 9.84 Å². The summed E-state index contributed by atoms with van der Waals surface area (Å²) in [5, 5.41) is 17.5. The molecule has 0 aliphatic rings. The van der Waals surface area contributed by atoms with Crippen molar-refractivity contribution in [1.29, 1.82) is 5.26 Å². The molecule has 1 aromatic heterocycles. The first-order valence-corrected chi connectivity index (χ1v) is 4.28. The van der Waals surface area contributed by atoms with Crippen molar-refractivity contribution in [3.8, 4) is 11.9 Å². The molecule has 14 heavy (non-hydrogen) atoms. The molecule has 5 heteroatoms. The van der Waals surface area contributed by atoms with Gasteiger partial charge >= 0.3 is 0 Å². The predicted molar refractivity (Wildman–Crippen MR) is 48.6 cm³/mol. The van der Waals surface area contributed by atoms with Crippen LogP contribution in [0.5, 0.6) is 5.88 Å². The van der Waals surface area contributed by atoms with E-state index in [-0.39, 0.29) is 6.61 Å². The van der Waals surface area contributed by atoms with Crippen LogP contribution in [0.15, 0.2) is 12.3 Å². The lowest BCUT2D eigenvalue weighted by Crippen LogP contribution is -2.07. The number of ether oxygens (including phenoxy) is 1. The van der Waals surface area contributed by atoms with Gasteiger partial charge in [-0.1, -0.05) is 0 Å². The summed E-state index contributed by atoms with van der Waals surface area (Å²) in [7, 11) is 0. The molecule has 1 unspecified atom stereocenters. The van der Waals surface area contributed by atoms with Crippen molar-refractivity contribution in [3.05, 3.63) is 18.1 Å². The average molecular weight is 193 g/mol. The Morgan fingerprint density at radius 3 is 3.07 bits per heavy atom. The molecule has 0 radical (unpaired) electrons. The summed E-state index contributed by atoms with van der Waals surface area (Å²) in [5.41, 5.74) is 0. The largest absolute Gasteiger partial charge is 0.478 e. The number of nitriles is 1. The smallest absolute Gasteiger partial charge is 0.216 e. The molecular formula is C9H11N3O2. The minimum Gasteiger partial charge on any atom is -0.478 e. The third kappa shape index (κ3) is 2.41. The summed E-state index contributed by atoms with van der Waals surface area (Å²) in [6, 6.07) is 3.52. The molecule has 1 N–H and O–H groups in total. The number of aromatic nitrogens is 2. The van der Waals surface area contributed by atoms with E-state index in [2.05, 4.69) is 9.97 Å². The average Bonchev–Trinajstić information content (AvgIpc) is 2.21. The lowest BCUT2D eigenvalue weighted by molar-refractivity contribution is 0.279. The van der Waals surface area contributed by atoms with Crippen molar-refractivity contribution in [3.63, 3.8) is 0 Å². The van der Waals surface area contributed by atoms with E-state index in [4.69, 9.17) is 15.1 Å². The van der Waals surface area contributed by atoms with Gasteiger partial charge in [0.2, 0.25) is 5.88 Å². The Hall–Kier alpha value is -1.67.